The molecule has 0 saturated carbocycles. The molecule has 0 amide bonds. The summed E-state index contributed by atoms with van der Waals surface area (Å²) in [6.07, 6.45) is -2.37. The fraction of sp³-hybridized carbons (Fsp3) is 0.500. The van der Waals surface area contributed by atoms with E-state index >= 15 is 0 Å². The van der Waals surface area contributed by atoms with Crippen molar-refractivity contribution >= 4 is 13.4 Å². The Kier molecular flexibility index (Phi) is 3.03. The highest BCUT2D eigenvalue weighted by Crippen LogP contribution is 2.19. The number of aromatic nitrogens is 2. The van der Waals surface area contributed by atoms with E-state index in [1.165, 1.54) is 6.20 Å². The molecule has 0 aromatic carbocycles. The van der Waals surface area contributed by atoms with Crippen molar-refractivity contribution in [2.24, 2.45) is 0 Å². The van der Waals surface area contributed by atoms with Gasteiger partial charge in [0.2, 0.25) is 5.88 Å². The molecule has 0 aliphatic carbocycles. The second kappa shape index (κ2) is 3.80. The van der Waals surface area contributed by atoms with E-state index in [1.807, 2.05) is 19.6 Å². The summed E-state index contributed by atoms with van der Waals surface area (Å²) in [7, 11) is -1.63. The molecule has 84 valence electrons. The van der Waals surface area contributed by atoms with E-state index in [9.17, 15) is 13.2 Å². The van der Waals surface area contributed by atoms with Gasteiger partial charge in [-0.15, -0.1) is 13.2 Å². The van der Waals surface area contributed by atoms with Gasteiger partial charge in [-0.25, -0.2) is 4.98 Å². The number of hydrogen-bond acceptors (Lipinski definition) is 3. The second-order valence-electron chi connectivity index (χ2n) is 4.04. The first-order valence-electron chi connectivity index (χ1n) is 4.27. The van der Waals surface area contributed by atoms with E-state index in [0.717, 1.165) is 11.5 Å². The lowest BCUT2D eigenvalue weighted by Crippen LogP contribution is -2.40. The van der Waals surface area contributed by atoms with E-state index in [-0.39, 0.29) is 0 Å². The number of nitrogens with zero attached hydrogens (tertiary/aromatic N) is 2. The van der Waals surface area contributed by atoms with Crippen molar-refractivity contribution in [3.63, 3.8) is 0 Å². The van der Waals surface area contributed by atoms with Crippen LogP contribution in [0.4, 0.5) is 13.2 Å². The number of alkyl halides is 3. The van der Waals surface area contributed by atoms with E-state index in [1.54, 1.807) is 0 Å². The third-order valence-electron chi connectivity index (χ3n) is 1.62. The first kappa shape index (κ1) is 12.0. The molecular weight excluding hydrogens is 225 g/mol. The molecule has 1 aromatic heterocycles. The standard InChI is InChI=1S/C8H11F3N2OSi/c1-15(2,3)7-5-12-6(4-13-7)14-8(9,10)11/h4-5H,1-3H3. The van der Waals surface area contributed by atoms with Gasteiger partial charge in [0.15, 0.2) is 0 Å². The second-order valence-corrected chi connectivity index (χ2v) is 9.05. The number of ether oxygens (including phenoxy) is 1. The molecule has 0 aliphatic rings. The third kappa shape index (κ3) is 3.86. The number of hydrogen-bond donors (Lipinski definition) is 0. The Morgan fingerprint density at radius 2 is 1.73 bits per heavy atom. The minimum Gasteiger partial charge on any atom is -0.386 e. The molecule has 0 bridgehead atoms. The smallest absolute Gasteiger partial charge is 0.386 e. The fourth-order valence-corrected chi connectivity index (χ4v) is 1.78. The van der Waals surface area contributed by atoms with Gasteiger partial charge in [-0.2, -0.15) is 0 Å². The van der Waals surface area contributed by atoms with Gasteiger partial charge in [-0.3, -0.25) is 4.98 Å². The Labute approximate surface area is 86.3 Å². The molecular formula is C8H11F3N2OSi. The van der Waals surface area contributed by atoms with Crippen LogP contribution in [0.25, 0.3) is 0 Å². The molecule has 1 rings (SSSR count). The Bertz CT molecular complexity index is 331. The van der Waals surface area contributed by atoms with E-state index in [4.69, 9.17) is 0 Å². The van der Waals surface area contributed by atoms with Gasteiger partial charge in [0.1, 0.15) is 8.07 Å². The van der Waals surface area contributed by atoms with Crippen LogP contribution < -0.4 is 10.1 Å². The molecule has 1 aromatic rings. The highest BCUT2D eigenvalue weighted by molar-refractivity contribution is 6.88. The van der Waals surface area contributed by atoms with Crippen LogP contribution in [-0.4, -0.2) is 24.4 Å². The molecule has 0 unspecified atom stereocenters. The van der Waals surface area contributed by atoms with Crippen LogP contribution in [0.15, 0.2) is 12.4 Å². The highest BCUT2D eigenvalue weighted by Gasteiger charge is 2.32. The van der Waals surface area contributed by atoms with Crippen LogP contribution in [0.3, 0.4) is 0 Å². The fourth-order valence-electron chi connectivity index (χ4n) is 0.875. The van der Waals surface area contributed by atoms with Gasteiger partial charge in [-0.1, -0.05) is 19.6 Å². The predicted molar refractivity (Wildman–Crippen MR) is 51.7 cm³/mol. The van der Waals surface area contributed by atoms with Crippen LogP contribution in [0.5, 0.6) is 5.88 Å². The zero-order chi connectivity index (χ0) is 11.7. The predicted octanol–water partition coefficient (Wildman–Crippen LogP) is 1.92. The topological polar surface area (TPSA) is 35.0 Å². The van der Waals surface area contributed by atoms with Crippen molar-refractivity contribution < 1.29 is 17.9 Å². The normalized spacial score (nSPS) is 12.7. The third-order valence-corrected chi connectivity index (χ3v) is 3.41. The summed E-state index contributed by atoms with van der Waals surface area (Å²) in [6, 6.07) is 0. The van der Waals surface area contributed by atoms with Crippen LogP contribution in [-0.2, 0) is 0 Å². The quantitative estimate of drug-likeness (QED) is 0.736. The molecule has 0 aliphatic heterocycles. The van der Waals surface area contributed by atoms with Gasteiger partial charge in [0.05, 0.1) is 6.20 Å². The zero-order valence-corrected chi connectivity index (χ0v) is 9.59. The van der Waals surface area contributed by atoms with E-state index < -0.39 is 20.3 Å². The Morgan fingerprint density at radius 3 is 2.07 bits per heavy atom. The molecule has 3 nitrogen and oxygen atoms in total. The number of halogens is 3. The first-order chi connectivity index (χ1) is 6.68. The van der Waals surface area contributed by atoms with Crippen LogP contribution in [0.1, 0.15) is 0 Å². The maximum absolute atomic E-state index is 11.8. The maximum Gasteiger partial charge on any atom is 0.574 e. The van der Waals surface area contributed by atoms with Crippen LogP contribution in [0.2, 0.25) is 19.6 Å². The van der Waals surface area contributed by atoms with Crippen LogP contribution >= 0.6 is 0 Å². The largest absolute Gasteiger partial charge is 0.574 e. The van der Waals surface area contributed by atoms with Gasteiger partial charge in [0, 0.05) is 11.5 Å². The molecule has 1 heterocycles. The van der Waals surface area contributed by atoms with Crippen LogP contribution in [0, 0.1) is 0 Å². The van der Waals surface area contributed by atoms with Gasteiger partial charge in [0.25, 0.3) is 0 Å². The average Bonchev–Trinajstić information content (AvgIpc) is 2.00. The summed E-state index contributed by atoms with van der Waals surface area (Å²) in [6.45, 7) is 6.09. The monoisotopic (exact) mass is 236 g/mol. The summed E-state index contributed by atoms with van der Waals surface area (Å²) in [5, 5.41) is 0.747. The molecule has 0 radical (unpaired) electrons. The van der Waals surface area contributed by atoms with Crippen molar-refractivity contribution in [1.82, 2.24) is 9.97 Å². The molecule has 7 heteroatoms. The van der Waals surface area contributed by atoms with Gasteiger partial charge >= 0.3 is 6.36 Å². The lowest BCUT2D eigenvalue weighted by molar-refractivity contribution is -0.276. The van der Waals surface area contributed by atoms with E-state index in [0.29, 0.717) is 0 Å². The van der Waals surface area contributed by atoms with Gasteiger partial charge in [-0.05, 0) is 0 Å². The first-order valence-corrected chi connectivity index (χ1v) is 7.77. The maximum atomic E-state index is 11.8. The van der Waals surface area contributed by atoms with Crippen molar-refractivity contribution in [2.45, 2.75) is 26.0 Å². The Hall–Kier alpha value is -1.11. The van der Waals surface area contributed by atoms with Gasteiger partial charge < -0.3 is 4.74 Å². The minimum absolute atomic E-state index is 0.524. The van der Waals surface area contributed by atoms with E-state index in [2.05, 4.69) is 14.7 Å². The average molecular weight is 236 g/mol. The summed E-state index contributed by atoms with van der Waals surface area (Å²) >= 11 is 0. The lowest BCUT2D eigenvalue weighted by atomic mass is 10.7. The van der Waals surface area contributed by atoms with Crippen molar-refractivity contribution in [3.05, 3.63) is 12.4 Å². The molecule has 0 fully saturated rings. The lowest BCUT2D eigenvalue weighted by Gasteiger charge is -2.14. The highest BCUT2D eigenvalue weighted by atomic mass is 28.3. The summed E-state index contributed by atoms with van der Waals surface area (Å²) < 4.78 is 39.0. The molecule has 15 heavy (non-hydrogen) atoms. The van der Waals surface area contributed by atoms with Crippen molar-refractivity contribution in [3.8, 4) is 5.88 Å². The zero-order valence-electron chi connectivity index (χ0n) is 8.59. The molecule has 0 saturated heterocycles. The number of rotatable bonds is 2. The summed E-state index contributed by atoms with van der Waals surface area (Å²) in [5.41, 5.74) is 0. The van der Waals surface area contributed by atoms with Crippen molar-refractivity contribution in [1.29, 1.82) is 0 Å². The molecule has 0 atom stereocenters. The molecule has 0 N–H and O–H groups in total. The molecule has 0 spiro atoms. The Balaban J connectivity index is 2.82. The Morgan fingerprint density at radius 1 is 1.13 bits per heavy atom. The minimum atomic E-state index is -4.71. The van der Waals surface area contributed by atoms with Crippen molar-refractivity contribution in [2.75, 3.05) is 0 Å². The summed E-state index contributed by atoms with van der Waals surface area (Å²) in [4.78, 5) is 7.47. The summed E-state index contributed by atoms with van der Waals surface area (Å²) in [5.74, 6) is -0.524. The SMILES string of the molecule is C[Si](C)(C)c1cnc(OC(F)(F)F)cn1.